The zero-order valence-corrected chi connectivity index (χ0v) is 21.3. The first kappa shape index (κ1) is 23.9. The Labute approximate surface area is 211 Å². The van der Waals surface area contributed by atoms with E-state index in [1.54, 1.807) is 18.8 Å². The van der Waals surface area contributed by atoms with Gasteiger partial charge in [-0.05, 0) is 50.2 Å². The minimum atomic E-state index is -0.104. The monoisotopic (exact) mass is 485 g/mol. The number of nitrogens with one attached hydrogen (secondary N) is 1. The van der Waals surface area contributed by atoms with Gasteiger partial charge in [-0.3, -0.25) is 9.36 Å². The van der Waals surface area contributed by atoms with Crippen LogP contribution in [0.5, 0.6) is 11.5 Å². The van der Waals surface area contributed by atoms with Crippen molar-refractivity contribution in [2.75, 3.05) is 38.8 Å². The molecular weight excluding hydrogens is 452 g/mol. The van der Waals surface area contributed by atoms with Crippen molar-refractivity contribution in [2.24, 2.45) is 0 Å². The Morgan fingerprint density at radius 1 is 1.03 bits per heavy atom. The van der Waals surface area contributed by atoms with Gasteiger partial charge in [-0.25, -0.2) is 4.98 Å². The summed E-state index contributed by atoms with van der Waals surface area (Å²) in [5, 5.41) is 0.582. The molecule has 1 aliphatic rings. The molecule has 3 aromatic carbocycles. The number of hydrogen-bond donors (Lipinski definition) is 1. The number of piperazine rings is 1. The molecule has 1 fully saturated rings. The summed E-state index contributed by atoms with van der Waals surface area (Å²) >= 11 is 0. The topological polar surface area (TPSA) is 61.0 Å². The fourth-order valence-electron chi connectivity index (χ4n) is 5.15. The van der Waals surface area contributed by atoms with Crippen LogP contribution in [0.15, 0.2) is 71.5 Å². The molecule has 0 radical (unpaired) electrons. The lowest BCUT2D eigenvalue weighted by atomic mass is 10.1. The predicted molar refractivity (Wildman–Crippen MR) is 143 cm³/mol. The molecule has 1 unspecified atom stereocenters. The van der Waals surface area contributed by atoms with Gasteiger partial charge in [0.05, 0.1) is 56.5 Å². The second-order valence-corrected chi connectivity index (χ2v) is 9.48. The zero-order valence-electron chi connectivity index (χ0n) is 21.3. The Morgan fingerprint density at radius 2 is 1.81 bits per heavy atom. The number of rotatable bonds is 6. The first-order valence-electron chi connectivity index (χ1n) is 12.4. The molecule has 4 aromatic rings. The van der Waals surface area contributed by atoms with Crippen molar-refractivity contribution in [3.63, 3.8) is 0 Å². The molecule has 0 bridgehead atoms. The maximum Gasteiger partial charge on any atom is 0.266 e. The van der Waals surface area contributed by atoms with Gasteiger partial charge in [-0.15, -0.1) is 0 Å². The van der Waals surface area contributed by atoms with E-state index < -0.39 is 0 Å². The van der Waals surface area contributed by atoms with Gasteiger partial charge in [0.1, 0.15) is 18.0 Å². The lowest BCUT2D eigenvalue weighted by Crippen LogP contribution is -3.14. The van der Waals surface area contributed by atoms with Crippen LogP contribution in [0.2, 0.25) is 0 Å². The van der Waals surface area contributed by atoms with Gasteiger partial charge >= 0.3 is 0 Å². The van der Waals surface area contributed by atoms with Crippen molar-refractivity contribution in [1.29, 1.82) is 0 Å². The predicted octanol–water partition coefficient (Wildman–Crippen LogP) is 3.00. The van der Waals surface area contributed by atoms with E-state index in [9.17, 15) is 4.79 Å². The lowest BCUT2D eigenvalue weighted by Gasteiger charge is -2.39. The van der Waals surface area contributed by atoms with Gasteiger partial charge in [0, 0.05) is 11.8 Å². The Bertz CT molecular complexity index is 1430. The average molecular weight is 486 g/mol. The highest BCUT2D eigenvalue weighted by molar-refractivity contribution is 5.78. The molecule has 1 N–H and O–H groups in total. The Morgan fingerprint density at radius 3 is 2.53 bits per heavy atom. The fraction of sp³-hybridized carbons (Fsp3) is 0.310. The lowest BCUT2D eigenvalue weighted by molar-refractivity contribution is -0.917. The second-order valence-electron chi connectivity index (χ2n) is 9.48. The standard InChI is InChI=1S/C29H32N4O3/c1-20-9-11-22(12-10-20)32-16-15-31(18-21(32)2)19-28-30-25-8-6-5-7-24(25)29(34)33(28)26-17-23(35-3)13-14-27(26)36-4/h5-14,17,21H,15-16,18-19H2,1-4H3/p+1/t21-/m0/s1. The fourth-order valence-corrected chi connectivity index (χ4v) is 5.15. The average Bonchev–Trinajstić information content (AvgIpc) is 2.89. The smallest absolute Gasteiger partial charge is 0.266 e. The third-order valence-corrected chi connectivity index (χ3v) is 7.07. The molecule has 2 heterocycles. The number of fused-ring (bicyclic) bond motifs is 1. The molecule has 5 rings (SSSR count). The summed E-state index contributed by atoms with van der Waals surface area (Å²) in [4.78, 5) is 22.6. The largest absolute Gasteiger partial charge is 0.497 e. The third kappa shape index (κ3) is 4.54. The molecule has 2 atom stereocenters. The first-order chi connectivity index (χ1) is 17.5. The molecule has 0 aliphatic carbocycles. The van der Waals surface area contributed by atoms with Crippen molar-refractivity contribution < 1.29 is 14.4 Å². The van der Waals surface area contributed by atoms with Gasteiger partial charge in [-0.2, -0.15) is 0 Å². The number of benzene rings is 3. The SMILES string of the molecule is COc1ccc(OC)c(-n2c(C[NH+]3CCN(c4ccc(C)cc4)[C@@H](C)C3)nc3ccccc3c2=O)c1. The number of hydrogen-bond acceptors (Lipinski definition) is 5. The quantitative estimate of drug-likeness (QED) is 0.455. The van der Waals surface area contributed by atoms with Gasteiger partial charge < -0.3 is 19.3 Å². The van der Waals surface area contributed by atoms with Crippen LogP contribution in [0.4, 0.5) is 5.69 Å². The first-order valence-corrected chi connectivity index (χ1v) is 12.4. The number of aryl methyl sites for hydroxylation is 1. The Kier molecular flexibility index (Phi) is 6.65. The van der Waals surface area contributed by atoms with Crippen LogP contribution in [-0.2, 0) is 6.54 Å². The zero-order chi connectivity index (χ0) is 25.2. The van der Waals surface area contributed by atoms with E-state index in [-0.39, 0.29) is 5.56 Å². The number of ether oxygens (including phenoxy) is 2. The summed E-state index contributed by atoms with van der Waals surface area (Å²) in [7, 11) is 3.23. The summed E-state index contributed by atoms with van der Waals surface area (Å²) in [6, 6.07) is 22.1. The van der Waals surface area contributed by atoms with Gasteiger partial charge in [0.15, 0.2) is 5.82 Å². The molecule has 0 spiro atoms. The van der Waals surface area contributed by atoms with Crippen LogP contribution < -0.4 is 24.8 Å². The molecule has 0 amide bonds. The van der Waals surface area contributed by atoms with Crippen LogP contribution >= 0.6 is 0 Å². The van der Waals surface area contributed by atoms with E-state index >= 15 is 0 Å². The highest BCUT2D eigenvalue weighted by Crippen LogP contribution is 2.28. The summed E-state index contributed by atoms with van der Waals surface area (Å²) in [5.74, 6) is 1.98. The van der Waals surface area contributed by atoms with E-state index in [0.29, 0.717) is 40.7 Å². The molecule has 7 heteroatoms. The Balaban J connectivity index is 1.52. The van der Waals surface area contributed by atoms with E-state index in [2.05, 4.69) is 43.0 Å². The van der Waals surface area contributed by atoms with Crippen molar-refractivity contribution in [3.8, 4) is 17.2 Å². The van der Waals surface area contributed by atoms with Crippen LogP contribution in [0.25, 0.3) is 16.6 Å². The highest BCUT2D eigenvalue weighted by Gasteiger charge is 2.29. The number of nitrogens with zero attached hydrogens (tertiary/aromatic N) is 3. The summed E-state index contributed by atoms with van der Waals surface area (Å²) in [6.45, 7) is 7.86. The number of anilines is 1. The van der Waals surface area contributed by atoms with Crippen LogP contribution in [0.1, 0.15) is 18.3 Å². The molecule has 1 aromatic heterocycles. The molecule has 1 aliphatic heterocycles. The van der Waals surface area contributed by atoms with Crippen LogP contribution in [0, 0.1) is 6.92 Å². The minimum absolute atomic E-state index is 0.104. The number of aromatic nitrogens is 2. The summed E-state index contributed by atoms with van der Waals surface area (Å²) in [6.07, 6.45) is 0. The van der Waals surface area contributed by atoms with Crippen LogP contribution in [-0.4, -0.2) is 49.4 Å². The number of para-hydroxylation sites is 1. The van der Waals surface area contributed by atoms with Crippen molar-refractivity contribution in [2.45, 2.75) is 26.4 Å². The minimum Gasteiger partial charge on any atom is -0.497 e. The third-order valence-electron chi connectivity index (χ3n) is 7.07. The molecule has 1 saturated heterocycles. The number of methoxy groups -OCH3 is 2. The highest BCUT2D eigenvalue weighted by atomic mass is 16.5. The van der Waals surface area contributed by atoms with Crippen molar-refractivity contribution in [3.05, 3.63) is 88.5 Å². The van der Waals surface area contributed by atoms with E-state index in [0.717, 1.165) is 25.5 Å². The van der Waals surface area contributed by atoms with Gasteiger partial charge in [0.25, 0.3) is 5.56 Å². The maximum absolute atomic E-state index is 13.8. The van der Waals surface area contributed by atoms with Gasteiger partial charge in [0.2, 0.25) is 0 Å². The van der Waals surface area contributed by atoms with Gasteiger partial charge in [-0.1, -0.05) is 29.8 Å². The van der Waals surface area contributed by atoms with Crippen molar-refractivity contribution in [1.82, 2.24) is 9.55 Å². The van der Waals surface area contributed by atoms with E-state index in [4.69, 9.17) is 14.5 Å². The molecule has 186 valence electrons. The second kappa shape index (κ2) is 10.0. The normalized spacial score (nSPS) is 17.8. The maximum atomic E-state index is 13.8. The molecule has 7 nitrogen and oxygen atoms in total. The van der Waals surface area contributed by atoms with Crippen LogP contribution in [0.3, 0.4) is 0 Å². The number of quaternary nitrogens is 1. The molecular formula is C29H33N4O3+. The molecule has 0 saturated carbocycles. The van der Waals surface area contributed by atoms with Crippen molar-refractivity contribution >= 4 is 16.6 Å². The van der Waals surface area contributed by atoms with E-state index in [1.165, 1.54) is 16.2 Å². The summed E-state index contributed by atoms with van der Waals surface area (Å²) < 4.78 is 12.8. The Hall–Kier alpha value is -3.84. The molecule has 36 heavy (non-hydrogen) atoms. The van der Waals surface area contributed by atoms with E-state index in [1.807, 2.05) is 42.5 Å². The summed E-state index contributed by atoms with van der Waals surface area (Å²) in [5.41, 5.74) is 3.77.